The highest BCUT2D eigenvalue weighted by Gasteiger charge is 2.31. The van der Waals surface area contributed by atoms with Crippen molar-refractivity contribution in [2.24, 2.45) is 12.8 Å². The molecule has 12 heteroatoms. The summed E-state index contributed by atoms with van der Waals surface area (Å²) in [4.78, 5) is 22.0. The Balaban J connectivity index is 1.34. The number of rotatable bonds is 6. The largest absolute Gasteiger partial charge is 0.416 e. The zero-order valence-electron chi connectivity index (χ0n) is 23.1. The van der Waals surface area contributed by atoms with Gasteiger partial charge in [-0.05, 0) is 80.5 Å². The molecule has 2 aromatic heterocycles. The molecule has 5 N–H and O–H groups in total. The molecule has 9 nitrogen and oxygen atoms in total. The number of fused-ring (bicyclic) bond motifs is 1. The summed E-state index contributed by atoms with van der Waals surface area (Å²) in [6.45, 7) is 3.60. The van der Waals surface area contributed by atoms with Crippen LogP contribution in [0, 0.1) is 6.92 Å². The number of aryl methyl sites for hydroxylation is 3. The minimum absolute atomic E-state index is 0.0361. The van der Waals surface area contributed by atoms with Gasteiger partial charge in [-0.15, -0.1) is 0 Å². The number of nitrogens with two attached hydrogens (primary N) is 1. The van der Waals surface area contributed by atoms with E-state index in [0.29, 0.717) is 17.6 Å². The van der Waals surface area contributed by atoms with Gasteiger partial charge in [-0.2, -0.15) is 18.3 Å². The van der Waals surface area contributed by atoms with Gasteiger partial charge in [0.1, 0.15) is 0 Å². The molecule has 0 radical (unpaired) electrons. The van der Waals surface area contributed by atoms with Crippen LogP contribution in [-0.4, -0.2) is 37.9 Å². The molecule has 0 bridgehead atoms. The van der Waals surface area contributed by atoms with Gasteiger partial charge in [0.05, 0.1) is 16.8 Å². The number of benzene rings is 2. The van der Waals surface area contributed by atoms with Crippen LogP contribution in [0.15, 0.2) is 42.6 Å². The number of carbonyl (C=O) groups excluding carboxylic acids is 1. The third-order valence-corrected chi connectivity index (χ3v) is 7.33. The molecule has 0 unspecified atom stereocenters. The van der Waals surface area contributed by atoms with Crippen LogP contribution in [0.3, 0.4) is 0 Å². The summed E-state index contributed by atoms with van der Waals surface area (Å²) in [5.41, 5.74) is 9.15. The molecule has 0 atom stereocenters. The first-order chi connectivity index (χ1) is 19.5. The monoisotopic (exact) mass is 566 g/mol. The maximum atomic E-state index is 13.2. The zero-order chi connectivity index (χ0) is 29.3. The maximum absolute atomic E-state index is 13.2. The van der Waals surface area contributed by atoms with Crippen LogP contribution < -0.4 is 21.7 Å². The van der Waals surface area contributed by atoms with Crippen molar-refractivity contribution in [3.8, 4) is 11.3 Å². The molecule has 0 aliphatic heterocycles. The maximum Gasteiger partial charge on any atom is 0.416 e. The number of alkyl halides is 3. The summed E-state index contributed by atoms with van der Waals surface area (Å²) in [6.07, 6.45) is 2.01. The Bertz CT molecular complexity index is 1570. The Morgan fingerprint density at radius 3 is 2.54 bits per heavy atom. The van der Waals surface area contributed by atoms with E-state index in [2.05, 4.69) is 33.0 Å². The van der Waals surface area contributed by atoms with Crippen LogP contribution in [0.1, 0.15) is 49.3 Å². The van der Waals surface area contributed by atoms with E-state index in [1.807, 2.05) is 18.3 Å². The molecule has 2 heterocycles. The number of nitrogens with zero attached hydrogens (tertiary/aromatic N) is 4. The number of halogens is 3. The average Bonchev–Trinajstić information content (AvgIpc) is 3.28. The number of carbonyl (C=O) groups is 1. The lowest BCUT2D eigenvalue weighted by molar-refractivity contribution is -0.137. The molecule has 2 amide bonds. The summed E-state index contributed by atoms with van der Waals surface area (Å²) in [6, 6.07) is 9.00. The van der Waals surface area contributed by atoms with Crippen LogP contribution >= 0.6 is 0 Å². The van der Waals surface area contributed by atoms with Crippen molar-refractivity contribution in [1.29, 1.82) is 0 Å². The van der Waals surface area contributed by atoms with Crippen LogP contribution in [0.4, 0.5) is 35.4 Å². The first kappa shape index (κ1) is 28.3. The van der Waals surface area contributed by atoms with E-state index < -0.39 is 17.8 Å². The Hall–Kier alpha value is -4.19. The Morgan fingerprint density at radius 1 is 1.07 bits per heavy atom. The van der Waals surface area contributed by atoms with Crippen LogP contribution in [0.25, 0.3) is 22.2 Å². The van der Waals surface area contributed by atoms with E-state index in [-0.39, 0.29) is 17.5 Å². The van der Waals surface area contributed by atoms with Gasteiger partial charge < -0.3 is 16.4 Å². The van der Waals surface area contributed by atoms with E-state index in [9.17, 15) is 18.0 Å². The van der Waals surface area contributed by atoms with Crippen molar-refractivity contribution in [2.45, 2.75) is 64.2 Å². The average molecular weight is 567 g/mol. The van der Waals surface area contributed by atoms with Crippen molar-refractivity contribution in [3.63, 3.8) is 0 Å². The lowest BCUT2D eigenvalue weighted by Gasteiger charge is -2.26. The molecule has 5 rings (SSSR count). The molecule has 1 fully saturated rings. The first-order valence-corrected chi connectivity index (χ1v) is 13.6. The van der Waals surface area contributed by atoms with Gasteiger partial charge in [0, 0.05) is 48.0 Å². The minimum atomic E-state index is -4.51. The SMILES string of the molecule is CCc1cc(-c2cc(NC(=O)Nc3cc(C)cc(C(F)(F)F)c3)nn2C)cc2cnc(N[C@H]3CC[C@H](N)CC3)nc12. The van der Waals surface area contributed by atoms with Gasteiger partial charge in [0.15, 0.2) is 5.82 Å². The van der Waals surface area contributed by atoms with Gasteiger partial charge in [-0.3, -0.25) is 10.00 Å². The molecule has 1 aliphatic carbocycles. The molecular formula is C29H33F3N8O. The second-order valence-corrected chi connectivity index (χ2v) is 10.6. The van der Waals surface area contributed by atoms with Gasteiger partial charge in [-0.25, -0.2) is 14.8 Å². The molecular weight excluding hydrogens is 533 g/mol. The predicted octanol–water partition coefficient (Wildman–Crippen LogP) is 6.25. The molecule has 2 aromatic carbocycles. The van der Waals surface area contributed by atoms with Crippen molar-refractivity contribution in [2.75, 3.05) is 16.0 Å². The highest BCUT2D eigenvalue weighted by molar-refractivity contribution is 5.99. The molecule has 41 heavy (non-hydrogen) atoms. The molecule has 0 spiro atoms. The summed E-state index contributed by atoms with van der Waals surface area (Å²) in [7, 11) is 1.75. The number of anilines is 3. The fourth-order valence-electron chi connectivity index (χ4n) is 5.25. The summed E-state index contributed by atoms with van der Waals surface area (Å²) < 4.78 is 41.1. The number of urea groups is 1. The lowest BCUT2D eigenvalue weighted by atomic mass is 9.92. The van der Waals surface area contributed by atoms with Gasteiger partial charge >= 0.3 is 12.2 Å². The van der Waals surface area contributed by atoms with Crippen molar-refractivity contribution in [1.82, 2.24) is 19.7 Å². The number of hydrogen-bond donors (Lipinski definition) is 4. The van der Waals surface area contributed by atoms with Gasteiger partial charge in [-0.1, -0.05) is 6.92 Å². The summed E-state index contributed by atoms with van der Waals surface area (Å²) >= 11 is 0. The van der Waals surface area contributed by atoms with Gasteiger partial charge in [0.2, 0.25) is 5.95 Å². The van der Waals surface area contributed by atoms with Gasteiger partial charge in [0.25, 0.3) is 0 Å². The molecule has 0 saturated heterocycles. The van der Waals surface area contributed by atoms with Crippen molar-refractivity contribution < 1.29 is 18.0 Å². The van der Waals surface area contributed by atoms with E-state index in [1.54, 1.807) is 17.8 Å². The fourth-order valence-corrected chi connectivity index (χ4v) is 5.25. The third-order valence-electron chi connectivity index (χ3n) is 7.33. The first-order valence-electron chi connectivity index (χ1n) is 13.6. The molecule has 1 saturated carbocycles. The van der Waals surface area contributed by atoms with E-state index in [4.69, 9.17) is 10.7 Å². The van der Waals surface area contributed by atoms with Crippen LogP contribution in [0.2, 0.25) is 0 Å². The smallest absolute Gasteiger partial charge is 0.351 e. The quantitative estimate of drug-likeness (QED) is 0.219. The number of amides is 2. The zero-order valence-corrected chi connectivity index (χ0v) is 23.1. The van der Waals surface area contributed by atoms with Crippen molar-refractivity contribution in [3.05, 3.63) is 59.3 Å². The Kier molecular flexibility index (Phi) is 7.85. The number of hydrogen-bond acceptors (Lipinski definition) is 6. The highest BCUT2D eigenvalue weighted by Crippen LogP contribution is 2.32. The molecule has 216 valence electrons. The normalized spacial score (nSPS) is 17.4. The lowest BCUT2D eigenvalue weighted by Crippen LogP contribution is -2.33. The van der Waals surface area contributed by atoms with E-state index >= 15 is 0 Å². The topological polar surface area (TPSA) is 123 Å². The molecule has 1 aliphatic rings. The third kappa shape index (κ3) is 6.59. The van der Waals surface area contributed by atoms with E-state index in [0.717, 1.165) is 72.0 Å². The predicted molar refractivity (Wildman–Crippen MR) is 154 cm³/mol. The summed E-state index contributed by atoms with van der Waals surface area (Å²) in [5, 5.41) is 13.8. The van der Waals surface area contributed by atoms with E-state index in [1.165, 1.54) is 13.0 Å². The standard InChI is InChI=1S/C29H33F3N8O/c1-4-17-11-18(12-19-15-34-27(38-26(17)19)35-22-7-5-21(33)6-8-22)24-14-25(39-40(24)3)37-28(41)36-23-10-16(2)9-20(13-23)29(30,31)32/h9-15,21-22H,4-8,33H2,1-3H3,(H,34,35,38)(H2,36,37,39,41)/t21-,22-. The second-order valence-electron chi connectivity index (χ2n) is 10.6. The highest BCUT2D eigenvalue weighted by atomic mass is 19.4. The molecule has 4 aromatic rings. The minimum Gasteiger partial charge on any atom is -0.351 e. The Morgan fingerprint density at radius 2 is 1.83 bits per heavy atom. The van der Waals surface area contributed by atoms with Crippen LogP contribution in [0.5, 0.6) is 0 Å². The van der Waals surface area contributed by atoms with Crippen LogP contribution in [-0.2, 0) is 19.6 Å². The Labute approximate surface area is 235 Å². The fraction of sp³-hybridized carbons (Fsp3) is 0.379. The summed E-state index contributed by atoms with van der Waals surface area (Å²) in [5.74, 6) is 0.860. The number of aromatic nitrogens is 4. The van der Waals surface area contributed by atoms with Crippen molar-refractivity contribution >= 4 is 34.4 Å². The second kappa shape index (κ2) is 11.4. The number of nitrogens with one attached hydrogen (secondary N) is 3.